The van der Waals surface area contributed by atoms with Gasteiger partial charge < -0.3 is 10.2 Å². The number of aryl methyl sites for hydroxylation is 2. The second kappa shape index (κ2) is 6.93. The molecule has 166 valence electrons. The second-order valence-electron chi connectivity index (χ2n) is 11.7. The van der Waals surface area contributed by atoms with Gasteiger partial charge in [-0.2, -0.15) is 5.10 Å². The highest BCUT2D eigenvalue weighted by molar-refractivity contribution is 5.59. The summed E-state index contributed by atoms with van der Waals surface area (Å²) in [4.78, 5) is 0. The molecule has 30 heavy (non-hydrogen) atoms. The fraction of sp³-hybridized carbons (Fsp3) is 0.808. The van der Waals surface area contributed by atoms with E-state index in [1.165, 1.54) is 42.5 Å². The van der Waals surface area contributed by atoms with Gasteiger partial charge in [0, 0.05) is 23.7 Å². The van der Waals surface area contributed by atoms with Crippen molar-refractivity contribution in [2.45, 2.75) is 91.3 Å². The summed E-state index contributed by atoms with van der Waals surface area (Å²) in [6, 6.07) is 0. The molecule has 2 N–H and O–H groups in total. The van der Waals surface area contributed by atoms with Gasteiger partial charge in [0.1, 0.15) is 0 Å². The summed E-state index contributed by atoms with van der Waals surface area (Å²) in [6.07, 6.45) is 11.0. The van der Waals surface area contributed by atoms with Gasteiger partial charge in [-0.15, -0.1) is 0 Å². The average Bonchev–Trinajstić information content (AvgIpc) is 3.10. The summed E-state index contributed by atoms with van der Waals surface area (Å²) in [5.41, 5.74) is 5.06. The Morgan fingerprint density at radius 2 is 1.73 bits per heavy atom. The first-order chi connectivity index (χ1) is 14.1. The van der Waals surface area contributed by atoms with E-state index in [0.717, 1.165) is 43.2 Å². The predicted octanol–water partition coefficient (Wildman–Crippen LogP) is 4.79. The Hall–Kier alpha value is -1.13. The van der Waals surface area contributed by atoms with Gasteiger partial charge in [-0.1, -0.05) is 13.8 Å². The van der Waals surface area contributed by atoms with E-state index < -0.39 is 0 Å². The Labute approximate surface area is 181 Å². The van der Waals surface area contributed by atoms with Gasteiger partial charge in [-0.3, -0.25) is 4.68 Å². The standard InChI is InChI=1S/C26H40N2O2/c1-15-21(16(2)28(5)27-15)12-17-13-23-20-7-6-18-14-19(29)8-10-25(18,3)22(20)9-11-26(23,4)24(17)30/h12,18-20,22-24,29-30H,6-11,13-14H2,1-5H3/b17-12+/t18-,19-,20-,22+,23+,24-,25-,26-/m0/s1. The minimum absolute atomic E-state index is 0.00833. The zero-order valence-corrected chi connectivity index (χ0v) is 19.5. The molecule has 0 bridgehead atoms. The van der Waals surface area contributed by atoms with Crippen LogP contribution in [0.15, 0.2) is 5.57 Å². The summed E-state index contributed by atoms with van der Waals surface area (Å²) in [5, 5.41) is 26.3. The van der Waals surface area contributed by atoms with E-state index in [1.807, 2.05) is 11.7 Å². The normalized spacial score (nSPS) is 47.1. The molecule has 4 aliphatic carbocycles. The fourth-order valence-corrected chi connectivity index (χ4v) is 8.42. The van der Waals surface area contributed by atoms with Crippen LogP contribution in [0, 0.1) is 48.3 Å². The molecule has 0 spiro atoms. The molecule has 0 aromatic carbocycles. The Kier molecular flexibility index (Phi) is 4.80. The van der Waals surface area contributed by atoms with Crippen molar-refractivity contribution in [3.8, 4) is 0 Å². The van der Waals surface area contributed by atoms with Crippen molar-refractivity contribution < 1.29 is 10.2 Å². The van der Waals surface area contributed by atoms with Gasteiger partial charge in [-0.05, 0) is 106 Å². The van der Waals surface area contributed by atoms with Gasteiger partial charge in [0.15, 0.2) is 0 Å². The maximum atomic E-state index is 11.5. The Bertz CT molecular complexity index is 873. The molecule has 0 radical (unpaired) electrons. The van der Waals surface area contributed by atoms with Crippen molar-refractivity contribution in [3.05, 3.63) is 22.5 Å². The monoisotopic (exact) mass is 412 g/mol. The minimum Gasteiger partial charge on any atom is -0.393 e. The third-order valence-electron chi connectivity index (χ3n) is 10.4. The lowest BCUT2D eigenvalue weighted by molar-refractivity contribution is -0.133. The molecule has 0 saturated heterocycles. The minimum atomic E-state index is -0.332. The van der Waals surface area contributed by atoms with E-state index in [-0.39, 0.29) is 17.6 Å². The molecule has 1 aromatic heterocycles. The molecule has 4 nitrogen and oxygen atoms in total. The summed E-state index contributed by atoms with van der Waals surface area (Å²) >= 11 is 0. The molecule has 4 saturated carbocycles. The number of aliphatic hydroxyl groups excluding tert-OH is 2. The van der Waals surface area contributed by atoms with Gasteiger partial charge >= 0.3 is 0 Å². The largest absolute Gasteiger partial charge is 0.393 e. The lowest BCUT2D eigenvalue weighted by Crippen LogP contribution is -2.54. The Morgan fingerprint density at radius 3 is 2.43 bits per heavy atom. The van der Waals surface area contributed by atoms with Crippen LogP contribution >= 0.6 is 0 Å². The lowest BCUT2D eigenvalue weighted by atomic mass is 9.45. The van der Waals surface area contributed by atoms with E-state index in [0.29, 0.717) is 17.3 Å². The smallest absolute Gasteiger partial charge is 0.0809 e. The molecular weight excluding hydrogens is 372 g/mol. The first-order valence-corrected chi connectivity index (χ1v) is 12.2. The van der Waals surface area contributed by atoms with Crippen LogP contribution in [0.2, 0.25) is 0 Å². The molecule has 8 atom stereocenters. The molecule has 5 rings (SSSR count). The molecule has 0 aliphatic heterocycles. The second-order valence-corrected chi connectivity index (χ2v) is 11.7. The van der Waals surface area contributed by atoms with Gasteiger partial charge in [0.2, 0.25) is 0 Å². The van der Waals surface area contributed by atoms with Crippen LogP contribution in [0.1, 0.15) is 82.2 Å². The Balaban J connectivity index is 1.46. The number of fused-ring (bicyclic) bond motifs is 5. The van der Waals surface area contributed by atoms with Crippen LogP contribution < -0.4 is 0 Å². The van der Waals surface area contributed by atoms with E-state index >= 15 is 0 Å². The third kappa shape index (κ3) is 2.82. The van der Waals surface area contributed by atoms with Crippen LogP contribution in [0.5, 0.6) is 0 Å². The molecule has 4 heteroatoms. The van der Waals surface area contributed by atoms with Crippen molar-refractivity contribution in [2.75, 3.05) is 0 Å². The topological polar surface area (TPSA) is 58.3 Å². The first-order valence-electron chi connectivity index (χ1n) is 12.2. The van der Waals surface area contributed by atoms with E-state index in [2.05, 4.69) is 38.9 Å². The van der Waals surface area contributed by atoms with Crippen molar-refractivity contribution in [1.29, 1.82) is 0 Å². The zero-order chi connectivity index (χ0) is 21.4. The van der Waals surface area contributed by atoms with Gasteiger partial charge in [-0.25, -0.2) is 0 Å². The highest BCUT2D eigenvalue weighted by Crippen LogP contribution is 2.67. The quantitative estimate of drug-likeness (QED) is 0.697. The summed E-state index contributed by atoms with van der Waals surface area (Å²) in [5.74, 6) is 2.75. The number of hydrogen-bond donors (Lipinski definition) is 2. The zero-order valence-electron chi connectivity index (χ0n) is 19.5. The number of rotatable bonds is 1. The van der Waals surface area contributed by atoms with Crippen LogP contribution in [-0.4, -0.2) is 32.2 Å². The lowest BCUT2D eigenvalue weighted by Gasteiger charge is -2.60. The molecule has 0 amide bonds. The fourth-order valence-electron chi connectivity index (χ4n) is 8.42. The van der Waals surface area contributed by atoms with Crippen molar-refractivity contribution >= 4 is 6.08 Å². The first kappa shape index (κ1) is 20.8. The summed E-state index contributed by atoms with van der Waals surface area (Å²) in [6.45, 7) is 9.10. The average molecular weight is 413 g/mol. The Morgan fingerprint density at radius 1 is 1.00 bits per heavy atom. The van der Waals surface area contributed by atoms with Crippen molar-refractivity contribution in [1.82, 2.24) is 9.78 Å². The highest BCUT2D eigenvalue weighted by Gasteiger charge is 2.61. The van der Waals surface area contributed by atoms with E-state index in [4.69, 9.17) is 0 Å². The number of aromatic nitrogens is 2. The molecule has 4 aliphatic rings. The summed E-state index contributed by atoms with van der Waals surface area (Å²) < 4.78 is 1.95. The molecule has 1 heterocycles. The maximum Gasteiger partial charge on any atom is 0.0809 e. The number of hydrogen-bond acceptors (Lipinski definition) is 3. The third-order valence-corrected chi connectivity index (χ3v) is 10.4. The highest BCUT2D eigenvalue weighted by atomic mass is 16.3. The van der Waals surface area contributed by atoms with E-state index in [9.17, 15) is 10.2 Å². The molecule has 1 aromatic rings. The summed E-state index contributed by atoms with van der Waals surface area (Å²) in [7, 11) is 2.00. The van der Waals surface area contributed by atoms with E-state index in [1.54, 1.807) is 0 Å². The number of aliphatic hydroxyl groups is 2. The van der Waals surface area contributed by atoms with Gasteiger partial charge in [0.25, 0.3) is 0 Å². The molecule has 0 unspecified atom stereocenters. The SMILES string of the molecule is Cc1nn(C)c(C)c1/C=C1\C[C@@H]2[C@H]3CC[C@H]4C[C@@H](O)CC[C@]4(C)[C@@H]3CC[C@]2(C)[C@H]1O. The molecule has 4 fully saturated rings. The molecular formula is C26H40N2O2. The van der Waals surface area contributed by atoms with Crippen LogP contribution in [0.25, 0.3) is 6.08 Å². The van der Waals surface area contributed by atoms with Crippen LogP contribution in [0.4, 0.5) is 0 Å². The predicted molar refractivity (Wildman–Crippen MR) is 120 cm³/mol. The van der Waals surface area contributed by atoms with Gasteiger partial charge in [0.05, 0.1) is 17.9 Å². The van der Waals surface area contributed by atoms with Crippen molar-refractivity contribution in [3.63, 3.8) is 0 Å². The number of nitrogens with zero attached hydrogens (tertiary/aromatic N) is 2. The van der Waals surface area contributed by atoms with Crippen molar-refractivity contribution in [2.24, 2.45) is 41.5 Å². The maximum absolute atomic E-state index is 11.5. The van der Waals surface area contributed by atoms with Crippen LogP contribution in [0.3, 0.4) is 0 Å². The van der Waals surface area contributed by atoms with Crippen LogP contribution in [-0.2, 0) is 7.05 Å².